The van der Waals surface area contributed by atoms with E-state index in [9.17, 15) is 19.5 Å². The van der Waals surface area contributed by atoms with Crippen molar-refractivity contribution in [2.75, 3.05) is 18.4 Å². The summed E-state index contributed by atoms with van der Waals surface area (Å²) in [5.74, 6) is -1.55. The number of hydrogen-bond acceptors (Lipinski definition) is 8. The molecule has 44 heavy (non-hydrogen) atoms. The van der Waals surface area contributed by atoms with Crippen LogP contribution in [0.2, 0.25) is 0 Å². The van der Waals surface area contributed by atoms with Crippen LogP contribution in [0.1, 0.15) is 45.7 Å². The molecule has 3 amide bonds. The maximum atomic E-state index is 13.1. The number of hydrogen-bond donors (Lipinski definition) is 4. The maximum absolute atomic E-state index is 13.1. The number of aromatic carboxylic acids is 1. The molecule has 1 aliphatic carbocycles. The standard InChI is InChI=1S/C31H31N7O6/c1-2-32-31(42)37-27-24-28(35-16-34-27)38(17-36-24)22-14-19(15-33-29(39)20-10-6-7-11-21(20)30(40)41)25-26(22)44-23(43-25)13-12-18-8-4-3-5-9-18/h3-13,16-17,19,22-23,25-26H,2,14-15H2,1H3,(H,33,39)(H,40,41)(H2,32,34,35,37,42)/t19?,22?,23-,25?,26?/m0/s1. The van der Waals surface area contributed by atoms with Crippen molar-refractivity contribution in [1.82, 2.24) is 30.2 Å². The number of carbonyl (C=O) groups excluding carboxylic acids is 2. The molecule has 6 rings (SSSR count). The van der Waals surface area contributed by atoms with Gasteiger partial charge >= 0.3 is 12.0 Å². The Bertz CT molecular complexity index is 1710. The van der Waals surface area contributed by atoms with Gasteiger partial charge in [0.2, 0.25) is 0 Å². The molecule has 4 N–H and O–H groups in total. The molecule has 1 saturated carbocycles. The Morgan fingerprint density at radius 3 is 2.50 bits per heavy atom. The second-order valence-electron chi connectivity index (χ2n) is 10.5. The van der Waals surface area contributed by atoms with Crippen LogP contribution in [-0.2, 0) is 9.47 Å². The normalized spacial score (nSPS) is 22.6. The minimum atomic E-state index is -1.17. The first-order chi connectivity index (χ1) is 21.4. The predicted octanol–water partition coefficient (Wildman–Crippen LogP) is 3.48. The number of rotatable bonds is 9. The molecule has 0 radical (unpaired) electrons. The summed E-state index contributed by atoms with van der Waals surface area (Å²) in [5.41, 5.74) is 1.96. The average Bonchev–Trinajstić information content (AvgIpc) is 3.74. The van der Waals surface area contributed by atoms with Gasteiger partial charge in [0.1, 0.15) is 12.4 Å². The second-order valence-corrected chi connectivity index (χ2v) is 10.5. The van der Waals surface area contributed by atoms with Crippen LogP contribution in [0.15, 0.2) is 73.3 Å². The van der Waals surface area contributed by atoms with Gasteiger partial charge in [-0.15, -0.1) is 0 Å². The Kier molecular flexibility index (Phi) is 8.30. The number of fused-ring (bicyclic) bond motifs is 2. The summed E-state index contributed by atoms with van der Waals surface area (Å²) in [6, 6.07) is 15.2. The summed E-state index contributed by atoms with van der Waals surface area (Å²) in [6.45, 7) is 2.50. The number of amides is 3. The number of carboxylic acids is 1. The number of nitrogens with one attached hydrogen (secondary N) is 3. The minimum absolute atomic E-state index is 0.0691. The summed E-state index contributed by atoms with van der Waals surface area (Å²) in [5, 5.41) is 17.8. The molecule has 226 valence electrons. The molecular formula is C31H31N7O6. The summed E-state index contributed by atoms with van der Waals surface area (Å²) in [4.78, 5) is 50.1. The van der Waals surface area contributed by atoms with E-state index in [1.54, 1.807) is 18.5 Å². The molecule has 13 heteroatoms. The Labute approximate surface area is 252 Å². The zero-order valence-electron chi connectivity index (χ0n) is 23.8. The fourth-order valence-electron chi connectivity index (χ4n) is 5.77. The van der Waals surface area contributed by atoms with Gasteiger partial charge in [-0.1, -0.05) is 48.5 Å². The van der Waals surface area contributed by atoms with Gasteiger partial charge in [-0.05, 0) is 37.1 Å². The Morgan fingerprint density at radius 2 is 1.73 bits per heavy atom. The Morgan fingerprint density at radius 1 is 0.977 bits per heavy atom. The van der Waals surface area contributed by atoms with E-state index >= 15 is 0 Å². The van der Waals surface area contributed by atoms with Gasteiger partial charge in [0.15, 0.2) is 23.3 Å². The van der Waals surface area contributed by atoms with E-state index in [1.807, 2.05) is 54.0 Å². The van der Waals surface area contributed by atoms with Crippen molar-refractivity contribution in [1.29, 1.82) is 0 Å². The Balaban J connectivity index is 1.26. The molecule has 1 aliphatic heterocycles. The molecular weight excluding hydrogens is 566 g/mol. The lowest BCUT2D eigenvalue weighted by atomic mass is 10.0. The van der Waals surface area contributed by atoms with E-state index in [1.165, 1.54) is 18.5 Å². The molecule has 0 spiro atoms. The summed E-state index contributed by atoms with van der Waals surface area (Å²) < 4.78 is 14.7. The SMILES string of the molecule is CCNC(=O)Nc1ncnc2c1ncn2C1CC(CNC(=O)c2ccccc2C(=O)O)C2O[C@H](C=Cc3ccccc3)OC21. The van der Waals surface area contributed by atoms with Gasteiger partial charge in [0.25, 0.3) is 5.91 Å². The largest absolute Gasteiger partial charge is 0.478 e. The number of nitrogens with zero attached hydrogens (tertiary/aromatic N) is 4. The molecule has 13 nitrogen and oxygen atoms in total. The van der Waals surface area contributed by atoms with Crippen molar-refractivity contribution in [3.63, 3.8) is 0 Å². The van der Waals surface area contributed by atoms with Crippen LogP contribution in [-0.4, -0.2) is 74.1 Å². The van der Waals surface area contributed by atoms with Gasteiger partial charge in [-0.2, -0.15) is 0 Å². The van der Waals surface area contributed by atoms with E-state index in [2.05, 4.69) is 30.9 Å². The first kappa shape index (κ1) is 29.0. The second kappa shape index (κ2) is 12.6. The molecule has 2 aliphatic rings. The Hall–Kier alpha value is -5.14. The molecule has 4 aromatic rings. The van der Waals surface area contributed by atoms with Crippen molar-refractivity contribution in [2.24, 2.45) is 5.92 Å². The zero-order chi connectivity index (χ0) is 30.6. The van der Waals surface area contributed by atoms with Crippen LogP contribution < -0.4 is 16.0 Å². The number of ether oxygens (including phenoxy) is 2. The van der Waals surface area contributed by atoms with Gasteiger partial charge in [0.05, 0.1) is 29.6 Å². The summed E-state index contributed by atoms with van der Waals surface area (Å²) in [7, 11) is 0. The molecule has 1 saturated heterocycles. The van der Waals surface area contributed by atoms with Crippen LogP contribution >= 0.6 is 0 Å². The molecule has 4 unspecified atom stereocenters. The summed E-state index contributed by atoms with van der Waals surface area (Å²) >= 11 is 0. The molecule has 5 atom stereocenters. The molecule has 3 heterocycles. The molecule has 2 aromatic carbocycles. The molecule has 2 fully saturated rings. The van der Waals surface area contributed by atoms with E-state index in [4.69, 9.17) is 9.47 Å². The van der Waals surface area contributed by atoms with Crippen LogP contribution in [0.25, 0.3) is 17.2 Å². The lowest BCUT2D eigenvalue weighted by Gasteiger charge is -2.20. The van der Waals surface area contributed by atoms with Crippen molar-refractivity contribution < 1.29 is 29.0 Å². The monoisotopic (exact) mass is 597 g/mol. The lowest BCUT2D eigenvalue weighted by molar-refractivity contribution is -0.0497. The van der Waals surface area contributed by atoms with Gasteiger partial charge in [-0.3, -0.25) is 10.1 Å². The first-order valence-corrected chi connectivity index (χ1v) is 14.3. The van der Waals surface area contributed by atoms with E-state index in [0.717, 1.165) is 5.56 Å². The number of carbonyl (C=O) groups is 3. The number of carboxylic acid groups (broad SMARTS) is 1. The van der Waals surface area contributed by atoms with E-state index in [0.29, 0.717) is 24.1 Å². The highest BCUT2D eigenvalue weighted by atomic mass is 16.7. The average molecular weight is 598 g/mol. The highest BCUT2D eigenvalue weighted by Crippen LogP contribution is 2.45. The molecule has 2 aromatic heterocycles. The lowest BCUT2D eigenvalue weighted by Crippen LogP contribution is -2.35. The third-order valence-corrected chi connectivity index (χ3v) is 7.75. The van der Waals surface area contributed by atoms with Gasteiger partial charge in [-0.25, -0.2) is 24.5 Å². The third kappa shape index (κ3) is 5.87. The van der Waals surface area contributed by atoms with Crippen LogP contribution in [0.4, 0.5) is 10.6 Å². The highest BCUT2D eigenvalue weighted by molar-refractivity contribution is 6.04. The fraction of sp³-hybridized carbons (Fsp3) is 0.290. The van der Waals surface area contributed by atoms with Crippen molar-refractivity contribution in [3.05, 3.63) is 90.0 Å². The smallest absolute Gasteiger partial charge is 0.336 e. The minimum Gasteiger partial charge on any atom is -0.478 e. The fourth-order valence-corrected chi connectivity index (χ4v) is 5.77. The molecule has 0 bridgehead atoms. The number of urea groups is 1. The van der Waals surface area contributed by atoms with Crippen molar-refractivity contribution in [2.45, 2.75) is 37.9 Å². The predicted molar refractivity (Wildman–Crippen MR) is 160 cm³/mol. The topological polar surface area (TPSA) is 170 Å². The number of aromatic nitrogens is 4. The van der Waals surface area contributed by atoms with Crippen molar-refractivity contribution >= 4 is 41.0 Å². The van der Waals surface area contributed by atoms with Crippen molar-refractivity contribution in [3.8, 4) is 0 Å². The number of anilines is 1. The zero-order valence-corrected chi connectivity index (χ0v) is 23.8. The van der Waals surface area contributed by atoms with Crippen LogP contribution in [0.3, 0.4) is 0 Å². The van der Waals surface area contributed by atoms with E-state index in [-0.39, 0.29) is 41.6 Å². The first-order valence-electron chi connectivity index (χ1n) is 14.3. The summed E-state index contributed by atoms with van der Waals surface area (Å²) in [6.07, 6.45) is 5.94. The third-order valence-electron chi connectivity index (χ3n) is 7.75. The van der Waals surface area contributed by atoms with Crippen LogP contribution in [0, 0.1) is 5.92 Å². The quantitative estimate of drug-likeness (QED) is 0.226. The van der Waals surface area contributed by atoms with E-state index < -0.39 is 30.3 Å². The number of imidazole rings is 1. The van der Waals surface area contributed by atoms with Gasteiger partial charge < -0.3 is 29.8 Å². The van der Waals surface area contributed by atoms with Crippen LogP contribution in [0.5, 0.6) is 0 Å². The van der Waals surface area contributed by atoms with Gasteiger partial charge in [0, 0.05) is 19.0 Å². The number of benzene rings is 2. The highest BCUT2D eigenvalue weighted by Gasteiger charge is 2.52. The maximum Gasteiger partial charge on any atom is 0.336 e.